The van der Waals surface area contributed by atoms with Crippen LogP contribution < -0.4 is 20.3 Å². The number of halogens is 1. The van der Waals surface area contributed by atoms with Gasteiger partial charge in [0.05, 0.1) is 40.4 Å². The maximum atomic E-state index is 12.9. The van der Waals surface area contributed by atoms with Gasteiger partial charge < -0.3 is 20.3 Å². The maximum Gasteiger partial charge on any atom is 0.229 e. The van der Waals surface area contributed by atoms with Gasteiger partial charge >= 0.3 is 0 Å². The van der Waals surface area contributed by atoms with Crippen LogP contribution in [0, 0.1) is 0 Å². The van der Waals surface area contributed by atoms with Crippen LogP contribution in [0.15, 0.2) is 58.7 Å². The molecule has 202 valence electrons. The summed E-state index contributed by atoms with van der Waals surface area (Å²) in [6.45, 7) is 8.81. The van der Waals surface area contributed by atoms with Crippen LogP contribution in [0.4, 0.5) is 28.8 Å². The van der Waals surface area contributed by atoms with Gasteiger partial charge in [0.15, 0.2) is 15.7 Å². The number of hydrazone groups is 1. The van der Waals surface area contributed by atoms with Crippen LogP contribution >= 0.6 is 11.6 Å². The Bertz CT molecular complexity index is 1430. The monoisotopic (exact) mass is 557 g/mol. The van der Waals surface area contributed by atoms with Gasteiger partial charge in [-0.15, -0.1) is 0 Å². The topological polar surface area (TPSA) is 112 Å². The number of benzene rings is 2. The van der Waals surface area contributed by atoms with Crippen molar-refractivity contribution >= 4 is 56.6 Å². The van der Waals surface area contributed by atoms with E-state index in [4.69, 9.17) is 16.3 Å². The summed E-state index contributed by atoms with van der Waals surface area (Å²) >= 11 is 6.38. The summed E-state index contributed by atoms with van der Waals surface area (Å²) in [5.41, 5.74) is 2.00. The molecule has 4 rings (SSSR count). The van der Waals surface area contributed by atoms with Crippen molar-refractivity contribution in [2.24, 2.45) is 5.10 Å². The quantitative estimate of drug-likeness (QED) is 0.363. The van der Waals surface area contributed by atoms with Crippen LogP contribution in [0.25, 0.3) is 0 Å². The third-order valence-electron chi connectivity index (χ3n) is 5.77. The fraction of sp³-hybridized carbons (Fsp3) is 0.346. The average molecular weight is 558 g/mol. The number of hydrogen-bond acceptors (Lipinski definition) is 10. The van der Waals surface area contributed by atoms with Gasteiger partial charge in [-0.1, -0.05) is 23.7 Å². The molecule has 0 fully saturated rings. The minimum absolute atomic E-state index is 0.0604. The fourth-order valence-electron chi connectivity index (χ4n) is 3.69. The second-order valence-electron chi connectivity index (χ2n) is 9.38. The first-order valence-electron chi connectivity index (χ1n) is 12.3. The van der Waals surface area contributed by atoms with Crippen molar-refractivity contribution in [1.29, 1.82) is 0 Å². The lowest BCUT2D eigenvalue weighted by molar-refractivity contribution is 0.244. The molecular weight excluding hydrogens is 526 g/mol. The zero-order valence-electron chi connectivity index (χ0n) is 22.0. The minimum atomic E-state index is -3.53. The molecule has 0 radical (unpaired) electrons. The minimum Gasteiger partial charge on any atom is -0.489 e. The molecule has 3 aromatic rings. The Balaban J connectivity index is 1.63. The normalized spacial score (nSPS) is 13.8. The van der Waals surface area contributed by atoms with Crippen LogP contribution in [0.2, 0.25) is 5.02 Å². The number of para-hydroxylation sites is 1. The van der Waals surface area contributed by atoms with Crippen molar-refractivity contribution in [3.8, 4) is 5.75 Å². The Hall–Kier alpha value is -3.57. The predicted molar refractivity (Wildman–Crippen MR) is 153 cm³/mol. The van der Waals surface area contributed by atoms with E-state index in [1.807, 2.05) is 44.1 Å². The van der Waals surface area contributed by atoms with E-state index < -0.39 is 15.1 Å². The molecule has 0 bridgehead atoms. The molecular formula is C26H32ClN7O3S. The van der Waals surface area contributed by atoms with Gasteiger partial charge in [-0.25, -0.2) is 13.4 Å². The van der Waals surface area contributed by atoms with Crippen molar-refractivity contribution in [2.75, 3.05) is 35.7 Å². The van der Waals surface area contributed by atoms with Crippen LogP contribution in [0.3, 0.4) is 0 Å². The summed E-state index contributed by atoms with van der Waals surface area (Å²) < 4.78 is 31.8. The number of nitrogens with one attached hydrogen (secondary N) is 2. The molecule has 10 nitrogen and oxygen atoms in total. The van der Waals surface area contributed by atoms with E-state index in [1.54, 1.807) is 44.5 Å². The second kappa shape index (κ2) is 11.4. The molecule has 1 aliphatic rings. The Labute approximate surface area is 228 Å². The lowest BCUT2D eigenvalue weighted by Gasteiger charge is -2.28. The largest absolute Gasteiger partial charge is 0.489 e. The second-order valence-corrected chi connectivity index (χ2v) is 12.3. The first-order chi connectivity index (χ1) is 18.0. The SMILES string of the molecule is CC(C)Oc1cc(N2C=NN(C)CC2)ccc1Nc1ncc(Cl)c(Nc2ccccc2S(=O)(=O)C(C)C)n1. The lowest BCUT2D eigenvalue weighted by atomic mass is 10.2. The van der Waals surface area contributed by atoms with Crippen molar-refractivity contribution in [2.45, 2.75) is 43.9 Å². The number of aromatic nitrogens is 2. The first kappa shape index (κ1) is 27.5. The van der Waals surface area contributed by atoms with Gasteiger partial charge in [-0.2, -0.15) is 10.1 Å². The molecule has 1 aliphatic heterocycles. The summed E-state index contributed by atoms with van der Waals surface area (Å²) in [5, 5.41) is 12.2. The molecule has 2 aromatic carbocycles. The highest BCUT2D eigenvalue weighted by molar-refractivity contribution is 7.92. The van der Waals surface area contributed by atoms with Crippen LogP contribution in [0.1, 0.15) is 27.7 Å². The van der Waals surface area contributed by atoms with Crippen molar-refractivity contribution < 1.29 is 13.2 Å². The number of sulfone groups is 1. The van der Waals surface area contributed by atoms with E-state index in [2.05, 4.69) is 30.6 Å². The molecule has 12 heteroatoms. The molecule has 2 N–H and O–H groups in total. The Morgan fingerprint density at radius 3 is 2.47 bits per heavy atom. The predicted octanol–water partition coefficient (Wildman–Crippen LogP) is 5.28. The third kappa shape index (κ3) is 6.28. The Morgan fingerprint density at radius 1 is 1.03 bits per heavy atom. The number of nitrogens with zero attached hydrogens (tertiary/aromatic N) is 5. The molecule has 2 heterocycles. The zero-order valence-corrected chi connectivity index (χ0v) is 23.6. The van der Waals surface area contributed by atoms with Gasteiger partial charge in [-0.05, 0) is 52.0 Å². The number of likely N-dealkylation sites (N-methyl/N-ethyl adjacent to an activating group) is 1. The van der Waals surface area contributed by atoms with E-state index in [0.29, 0.717) is 17.1 Å². The molecule has 0 aliphatic carbocycles. The summed E-state index contributed by atoms with van der Waals surface area (Å²) in [6.07, 6.45) is 3.19. The van der Waals surface area contributed by atoms with Crippen LogP contribution in [-0.4, -0.2) is 61.2 Å². The first-order valence-corrected chi connectivity index (χ1v) is 14.2. The van der Waals surface area contributed by atoms with E-state index in [9.17, 15) is 8.42 Å². The molecule has 0 spiro atoms. The molecule has 0 saturated heterocycles. The summed E-state index contributed by atoms with van der Waals surface area (Å²) in [6, 6.07) is 12.5. The van der Waals surface area contributed by atoms with Crippen LogP contribution in [-0.2, 0) is 9.84 Å². The highest BCUT2D eigenvalue weighted by Gasteiger charge is 2.23. The van der Waals surface area contributed by atoms with Crippen LogP contribution in [0.5, 0.6) is 5.75 Å². The number of anilines is 5. The summed E-state index contributed by atoms with van der Waals surface area (Å²) in [7, 11) is -1.59. The van der Waals surface area contributed by atoms with E-state index >= 15 is 0 Å². The Morgan fingerprint density at radius 2 is 1.79 bits per heavy atom. The maximum absolute atomic E-state index is 12.9. The van der Waals surface area contributed by atoms with E-state index in [0.717, 1.165) is 18.8 Å². The summed E-state index contributed by atoms with van der Waals surface area (Å²) in [5.74, 6) is 1.17. The fourth-order valence-corrected chi connectivity index (χ4v) is 5.03. The van der Waals surface area contributed by atoms with Gasteiger partial charge in [0, 0.05) is 25.3 Å². The highest BCUT2D eigenvalue weighted by Crippen LogP contribution is 2.34. The third-order valence-corrected chi connectivity index (χ3v) is 8.26. The smallest absolute Gasteiger partial charge is 0.229 e. The number of hydrogen-bond donors (Lipinski definition) is 2. The summed E-state index contributed by atoms with van der Waals surface area (Å²) in [4.78, 5) is 11.1. The standard InChI is InChI=1S/C26H32ClN7O3S/c1-17(2)37-23-14-19(34-13-12-33(5)29-16-34)10-11-21(23)31-26-28-15-20(27)25(32-26)30-22-8-6-7-9-24(22)38(35,36)18(3)4/h6-11,14-18H,12-13H2,1-5H3,(H2,28,30,31,32). The number of rotatable bonds is 9. The highest BCUT2D eigenvalue weighted by atomic mass is 35.5. The van der Waals surface area contributed by atoms with E-state index in [1.165, 1.54) is 6.20 Å². The van der Waals surface area contributed by atoms with Gasteiger partial charge in [0.25, 0.3) is 0 Å². The molecule has 0 amide bonds. The van der Waals surface area contributed by atoms with Crippen molar-refractivity contribution in [1.82, 2.24) is 15.0 Å². The van der Waals surface area contributed by atoms with Gasteiger partial charge in [0.2, 0.25) is 5.95 Å². The molecule has 38 heavy (non-hydrogen) atoms. The van der Waals surface area contributed by atoms with Gasteiger partial charge in [0.1, 0.15) is 17.1 Å². The van der Waals surface area contributed by atoms with E-state index in [-0.39, 0.29) is 27.8 Å². The Kier molecular flexibility index (Phi) is 8.27. The van der Waals surface area contributed by atoms with Crippen molar-refractivity contribution in [3.63, 3.8) is 0 Å². The molecule has 0 atom stereocenters. The zero-order chi connectivity index (χ0) is 27.4. The van der Waals surface area contributed by atoms with Gasteiger partial charge in [-0.3, -0.25) is 5.01 Å². The number of ether oxygens (including phenoxy) is 1. The molecule has 0 saturated carbocycles. The lowest BCUT2D eigenvalue weighted by Crippen LogP contribution is -2.35. The average Bonchev–Trinajstić information content (AvgIpc) is 2.87. The molecule has 1 aromatic heterocycles. The molecule has 0 unspecified atom stereocenters. The van der Waals surface area contributed by atoms with Crippen molar-refractivity contribution in [3.05, 3.63) is 53.7 Å².